The lowest BCUT2D eigenvalue weighted by Crippen LogP contribution is -2.31. The first-order chi connectivity index (χ1) is 10.8. The number of para-hydroxylation sites is 1. The first kappa shape index (κ1) is 15.4. The molecule has 0 aliphatic heterocycles. The summed E-state index contributed by atoms with van der Waals surface area (Å²) >= 11 is 0. The van der Waals surface area contributed by atoms with Gasteiger partial charge in [0.05, 0.1) is 11.2 Å². The summed E-state index contributed by atoms with van der Waals surface area (Å²) in [6, 6.07) is 12.1. The van der Waals surface area contributed by atoms with Crippen molar-refractivity contribution < 1.29 is 4.39 Å². The van der Waals surface area contributed by atoms with Crippen LogP contribution in [0.4, 0.5) is 4.39 Å². The van der Waals surface area contributed by atoms with E-state index in [4.69, 9.17) is 0 Å². The Morgan fingerprint density at radius 2 is 1.74 bits per heavy atom. The molecule has 0 N–H and O–H groups in total. The SMILES string of the molecule is Cc1ccccc1-n1c(C(C)(C)C)nc2cccc(F)c2c1=O. The van der Waals surface area contributed by atoms with Crippen molar-refractivity contribution in [1.29, 1.82) is 0 Å². The van der Waals surface area contributed by atoms with Crippen LogP contribution < -0.4 is 5.56 Å². The first-order valence-corrected chi connectivity index (χ1v) is 7.58. The lowest BCUT2D eigenvalue weighted by atomic mass is 9.94. The molecule has 4 heteroatoms. The van der Waals surface area contributed by atoms with Gasteiger partial charge in [0.15, 0.2) is 0 Å². The lowest BCUT2D eigenvalue weighted by Gasteiger charge is -2.24. The van der Waals surface area contributed by atoms with E-state index in [1.54, 1.807) is 16.7 Å². The molecule has 1 aromatic heterocycles. The van der Waals surface area contributed by atoms with Crippen molar-refractivity contribution in [1.82, 2.24) is 9.55 Å². The predicted molar refractivity (Wildman–Crippen MR) is 90.7 cm³/mol. The third kappa shape index (κ3) is 2.54. The number of halogens is 1. The van der Waals surface area contributed by atoms with Crippen LogP contribution in [0.5, 0.6) is 0 Å². The van der Waals surface area contributed by atoms with Gasteiger partial charge in [0.25, 0.3) is 5.56 Å². The summed E-state index contributed by atoms with van der Waals surface area (Å²) < 4.78 is 15.8. The second-order valence-electron chi connectivity index (χ2n) is 6.75. The van der Waals surface area contributed by atoms with Gasteiger partial charge < -0.3 is 0 Å². The number of nitrogens with zero attached hydrogens (tertiary/aromatic N) is 2. The van der Waals surface area contributed by atoms with Gasteiger partial charge >= 0.3 is 0 Å². The van der Waals surface area contributed by atoms with Gasteiger partial charge in [-0.3, -0.25) is 9.36 Å². The average molecular weight is 310 g/mol. The molecule has 0 atom stereocenters. The van der Waals surface area contributed by atoms with Gasteiger partial charge in [-0.1, -0.05) is 45.0 Å². The van der Waals surface area contributed by atoms with Crippen LogP contribution in [0.25, 0.3) is 16.6 Å². The molecular weight excluding hydrogens is 291 g/mol. The van der Waals surface area contributed by atoms with Crippen LogP contribution in [0.1, 0.15) is 32.2 Å². The van der Waals surface area contributed by atoms with E-state index in [0.29, 0.717) is 11.3 Å². The molecule has 3 aromatic rings. The summed E-state index contributed by atoms with van der Waals surface area (Å²) in [6.45, 7) is 7.91. The standard InChI is InChI=1S/C19H19FN2O/c1-12-8-5-6-11-15(12)22-17(23)16-13(20)9-7-10-14(16)21-18(22)19(2,3)4/h5-11H,1-4H3. The van der Waals surface area contributed by atoms with Gasteiger partial charge in [-0.05, 0) is 30.7 Å². The Hall–Kier alpha value is -2.49. The Morgan fingerprint density at radius 3 is 2.39 bits per heavy atom. The Labute approximate surface area is 134 Å². The summed E-state index contributed by atoms with van der Waals surface area (Å²) in [4.78, 5) is 17.7. The van der Waals surface area contributed by atoms with Gasteiger partial charge in [0, 0.05) is 5.41 Å². The maximum Gasteiger partial charge on any atom is 0.268 e. The van der Waals surface area contributed by atoms with Crippen LogP contribution in [0.15, 0.2) is 47.3 Å². The molecule has 1 heterocycles. The third-order valence-corrected chi connectivity index (χ3v) is 3.87. The monoisotopic (exact) mass is 310 g/mol. The molecule has 0 aliphatic rings. The average Bonchev–Trinajstić information content (AvgIpc) is 2.47. The molecule has 23 heavy (non-hydrogen) atoms. The van der Waals surface area contributed by atoms with Gasteiger partial charge in [-0.25, -0.2) is 9.37 Å². The van der Waals surface area contributed by atoms with Crippen molar-refractivity contribution in [3.05, 3.63) is 70.0 Å². The number of hydrogen-bond donors (Lipinski definition) is 0. The Balaban J connectivity index is 2.53. The third-order valence-electron chi connectivity index (χ3n) is 3.87. The van der Waals surface area contributed by atoms with E-state index in [1.807, 2.05) is 52.0 Å². The van der Waals surface area contributed by atoms with Gasteiger partial charge in [-0.2, -0.15) is 0 Å². The zero-order valence-electron chi connectivity index (χ0n) is 13.7. The molecule has 3 nitrogen and oxygen atoms in total. The minimum absolute atomic E-state index is 0.0313. The largest absolute Gasteiger partial charge is 0.268 e. The van der Waals surface area contributed by atoms with Crippen molar-refractivity contribution in [2.75, 3.05) is 0 Å². The Bertz CT molecular complexity index is 952. The molecule has 0 saturated heterocycles. The van der Waals surface area contributed by atoms with Gasteiger partial charge in [-0.15, -0.1) is 0 Å². The molecule has 3 rings (SSSR count). The molecule has 0 bridgehead atoms. The topological polar surface area (TPSA) is 34.9 Å². The van der Waals surface area contributed by atoms with Crippen molar-refractivity contribution >= 4 is 10.9 Å². The van der Waals surface area contributed by atoms with Crippen LogP contribution in [0, 0.1) is 12.7 Å². The van der Waals surface area contributed by atoms with E-state index in [9.17, 15) is 9.18 Å². The Kier molecular flexibility index (Phi) is 3.55. The van der Waals surface area contributed by atoms with E-state index < -0.39 is 5.82 Å². The number of hydrogen-bond acceptors (Lipinski definition) is 2. The normalized spacial score (nSPS) is 11.9. The lowest BCUT2D eigenvalue weighted by molar-refractivity contribution is 0.524. The number of fused-ring (bicyclic) bond motifs is 1. The molecule has 0 radical (unpaired) electrons. The van der Waals surface area contributed by atoms with Crippen LogP contribution in [-0.4, -0.2) is 9.55 Å². The van der Waals surface area contributed by atoms with E-state index in [0.717, 1.165) is 11.3 Å². The molecule has 0 spiro atoms. The van der Waals surface area contributed by atoms with Gasteiger partial charge in [0.2, 0.25) is 0 Å². The Morgan fingerprint density at radius 1 is 1.04 bits per heavy atom. The van der Waals surface area contributed by atoms with E-state index >= 15 is 0 Å². The molecule has 0 saturated carbocycles. The second-order valence-corrected chi connectivity index (χ2v) is 6.75. The summed E-state index contributed by atoms with van der Waals surface area (Å²) in [6.07, 6.45) is 0. The quantitative estimate of drug-likeness (QED) is 0.677. The fourth-order valence-electron chi connectivity index (χ4n) is 2.73. The number of benzene rings is 2. The maximum absolute atomic E-state index is 14.2. The molecule has 2 aromatic carbocycles. The summed E-state index contributed by atoms with van der Waals surface area (Å²) in [5.74, 6) is 0.0812. The fourth-order valence-corrected chi connectivity index (χ4v) is 2.73. The highest BCUT2D eigenvalue weighted by molar-refractivity contribution is 5.78. The van der Waals surface area contributed by atoms with E-state index in [-0.39, 0.29) is 16.4 Å². The van der Waals surface area contributed by atoms with Crippen molar-refractivity contribution in [2.24, 2.45) is 0 Å². The van der Waals surface area contributed by atoms with Crippen LogP contribution in [0.2, 0.25) is 0 Å². The highest BCUT2D eigenvalue weighted by Gasteiger charge is 2.25. The summed E-state index contributed by atoms with van der Waals surface area (Å²) in [5, 5.41) is 0.0313. The minimum atomic E-state index is -0.539. The van der Waals surface area contributed by atoms with E-state index in [1.165, 1.54) is 6.07 Å². The van der Waals surface area contributed by atoms with Crippen molar-refractivity contribution in [3.8, 4) is 5.69 Å². The number of rotatable bonds is 1. The summed E-state index contributed by atoms with van der Waals surface area (Å²) in [7, 11) is 0. The molecule has 0 unspecified atom stereocenters. The fraction of sp³-hybridized carbons (Fsp3) is 0.263. The molecule has 0 aliphatic carbocycles. The molecule has 118 valence electrons. The highest BCUT2D eigenvalue weighted by atomic mass is 19.1. The van der Waals surface area contributed by atoms with Crippen LogP contribution in [0.3, 0.4) is 0 Å². The highest BCUT2D eigenvalue weighted by Crippen LogP contribution is 2.25. The summed E-state index contributed by atoms with van der Waals surface area (Å²) in [5.41, 5.74) is 1.34. The minimum Gasteiger partial charge on any atom is -0.268 e. The molecule has 0 amide bonds. The van der Waals surface area contributed by atoms with Crippen LogP contribution >= 0.6 is 0 Å². The number of aryl methyl sites for hydroxylation is 1. The van der Waals surface area contributed by atoms with Crippen molar-refractivity contribution in [3.63, 3.8) is 0 Å². The zero-order valence-corrected chi connectivity index (χ0v) is 13.7. The second kappa shape index (κ2) is 5.30. The van der Waals surface area contributed by atoms with Crippen LogP contribution in [-0.2, 0) is 5.41 Å². The molecule has 0 fully saturated rings. The predicted octanol–water partition coefficient (Wildman–Crippen LogP) is 4.13. The molecular formula is C19H19FN2O. The maximum atomic E-state index is 14.2. The van der Waals surface area contributed by atoms with E-state index in [2.05, 4.69) is 4.98 Å². The van der Waals surface area contributed by atoms with Gasteiger partial charge in [0.1, 0.15) is 17.0 Å². The smallest absolute Gasteiger partial charge is 0.268 e. The zero-order chi connectivity index (χ0) is 16.8. The first-order valence-electron chi connectivity index (χ1n) is 7.58. The number of aromatic nitrogens is 2. The van der Waals surface area contributed by atoms with Crippen molar-refractivity contribution in [2.45, 2.75) is 33.1 Å².